The molecule has 1 unspecified atom stereocenters. The fourth-order valence-electron chi connectivity index (χ4n) is 3.46. The van der Waals surface area contributed by atoms with Crippen LogP contribution in [0.25, 0.3) is 10.9 Å². The number of pyridine rings is 1. The predicted molar refractivity (Wildman–Crippen MR) is 123 cm³/mol. The molecule has 4 rings (SSSR count). The number of primary sulfonamides is 1. The Morgan fingerprint density at radius 1 is 1.24 bits per heavy atom. The minimum absolute atomic E-state index is 0.115. The number of nitrogens with two attached hydrogens (primary N) is 1. The zero-order valence-electron chi connectivity index (χ0n) is 17.7. The number of aromatic nitrogens is 1. The molecule has 2 aromatic carbocycles. The number of nitrogens with zero attached hydrogens (tertiary/aromatic N) is 2. The zero-order chi connectivity index (χ0) is 23.6. The molecule has 1 fully saturated rings. The van der Waals surface area contributed by atoms with Crippen molar-refractivity contribution in [1.29, 1.82) is 0 Å². The summed E-state index contributed by atoms with van der Waals surface area (Å²) in [5.74, 6) is -0.558. The number of hydrogen-bond donors (Lipinski definition) is 2. The molecule has 1 aliphatic rings. The van der Waals surface area contributed by atoms with Crippen LogP contribution in [-0.2, 0) is 30.9 Å². The molecular formula is C21H22N4O6S2. The lowest BCUT2D eigenvalue weighted by atomic mass is 10.1. The van der Waals surface area contributed by atoms with E-state index >= 15 is 0 Å². The molecule has 0 amide bonds. The van der Waals surface area contributed by atoms with Gasteiger partial charge in [0.2, 0.25) is 14.9 Å². The van der Waals surface area contributed by atoms with Gasteiger partial charge in [-0.2, -0.15) is 0 Å². The Morgan fingerprint density at radius 3 is 2.67 bits per heavy atom. The maximum atomic E-state index is 13.5. The van der Waals surface area contributed by atoms with Crippen LogP contribution in [0.1, 0.15) is 10.4 Å². The van der Waals surface area contributed by atoms with Crippen molar-refractivity contribution < 1.29 is 27.2 Å². The number of esters is 1. The smallest absolute Gasteiger partial charge is 0.339 e. The third-order valence-corrected chi connectivity index (χ3v) is 7.55. The number of anilines is 2. The lowest BCUT2D eigenvalue weighted by molar-refractivity contribution is 0.0602. The Kier molecular flexibility index (Phi) is 6.83. The summed E-state index contributed by atoms with van der Waals surface area (Å²) in [4.78, 5) is 16.9. The van der Waals surface area contributed by atoms with Crippen LogP contribution >= 0.6 is 0 Å². The van der Waals surface area contributed by atoms with E-state index in [-0.39, 0.29) is 10.5 Å². The van der Waals surface area contributed by atoms with Crippen molar-refractivity contribution in [2.45, 2.75) is 9.79 Å². The van der Waals surface area contributed by atoms with Crippen LogP contribution in [-0.4, -0.2) is 61.6 Å². The number of fused-ring (bicyclic) bond motifs is 1. The Bertz CT molecular complexity index is 1300. The van der Waals surface area contributed by atoms with E-state index in [9.17, 15) is 17.8 Å². The summed E-state index contributed by atoms with van der Waals surface area (Å²) in [5, 5.41) is 8.89. The number of para-hydroxylation sites is 1. The largest absolute Gasteiger partial charge is 0.593 e. The maximum Gasteiger partial charge on any atom is 0.339 e. The molecule has 174 valence electrons. The summed E-state index contributed by atoms with van der Waals surface area (Å²) in [6.07, 6.45) is 1.48. The number of sulfonamides is 1. The molecule has 10 nitrogen and oxygen atoms in total. The number of carbonyl (C=O) groups excluding carboxylic acids is 1. The molecule has 0 aliphatic carbocycles. The second-order valence-electron chi connectivity index (χ2n) is 7.17. The first-order valence-corrected chi connectivity index (χ1v) is 12.6. The highest BCUT2D eigenvalue weighted by molar-refractivity contribution is 7.89. The highest BCUT2D eigenvalue weighted by Gasteiger charge is 2.30. The normalized spacial score (nSPS) is 15.8. The first-order valence-electron chi connectivity index (χ1n) is 9.94. The minimum atomic E-state index is -4.00. The van der Waals surface area contributed by atoms with Crippen molar-refractivity contribution >= 4 is 49.6 Å². The molecule has 0 bridgehead atoms. The summed E-state index contributed by atoms with van der Waals surface area (Å²) in [7, 11) is -2.72. The van der Waals surface area contributed by atoms with E-state index in [2.05, 4.69) is 10.3 Å². The van der Waals surface area contributed by atoms with Crippen molar-refractivity contribution in [3.8, 4) is 0 Å². The molecule has 0 saturated carbocycles. The number of rotatable bonds is 6. The van der Waals surface area contributed by atoms with Crippen LogP contribution in [0.15, 0.2) is 58.5 Å². The van der Waals surface area contributed by atoms with Gasteiger partial charge < -0.3 is 19.3 Å². The van der Waals surface area contributed by atoms with Gasteiger partial charge in [0.1, 0.15) is 5.69 Å². The Balaban J connectivity index is 1.91. The van der Waals surface area contributed by atoms with Gasteiger partial charge in [0.15, 0.2) is 0 Å². The van der Waals surface area contributed by atoms with Gasteiger partial charge in [0.05, 0.1) is 72.6 Å². The van der Waals surface area contributed by atoms with E-state index in [0.717, 1.165) is 0 Å². The zero-order valence-corrected chi connectivity index (χ0v) is 19.3. The van der Waals surface area contributed by atoms with Crippen LogP contribution in [0.5, 0.6) is 0 Å². The number of nitrogens with one attached hydrogen (secondary N) is 1. The van der Waals surface area contributed by atoms with E-state index < -0.39 is 27.4 Å². The molecule has 0 spiro atoms. The summed E-state index contributed by atoms with van der Waals surface area (Å²) >= 11 is -1.63. The monoisotopic (exact) mass is 490 g/mol. The van der Waals surface area contributed by atoms with Gasteiger partial charge in [-0.3, -0.25) is 4.98 Å². The molecule has 2 heterocycles. The molecule has 3 N–H and O–H groups in total. The molecule has 1 aromatic heterocycles. The highest BCUT2D eigenvalue weighted by Crippen LogP contribution is 2.35. The second kappa shape index (κ2) is 9.63. The molecule has 1 atom stereocenters. The van der Waals surface area contributed by atoms with E-state index in [1.807, 2.05) is 0 Å². The standard InChI is InChI=1S/C21H22N4O6S2/c1-30-21(26)15-4-2-3-5-18(15)24-20-16-12-14(33(22,28)29)6-7-17(16)23-13-19(20)32(27)25-8-10-31-11-9-25/h2-7,12-13H,8-11H2,1H3,(H,23,24)(H2,22,28,29). The summed E-state index contributed by atoms with van der Waals surface area (Å²) in [6.45, 7) is 1.80. The Morgan fingerprint density at radius 2 is 1.97 bits per heavy atom. The van der Waals surface area contributed by atoms with Gasteiger partial charge in [0.25, 0.3) is 0 Å². The quantitative estimate of drug-likeness (QED) is 0.390. The number of hydrogen-bond acceptors (Lipinski definition) is 9. The molecule has 3 aromatic rings. The van der Waals surface area contributed by atoms with Crippen molar-refractivity contribution in [2.75, 3.05) is 38.7 Å². The van der Waals surface area contributed by atoms with Crippen molar-refractivity contribution in [1.82, 2.24) is 9.29 Å². The Hall–Kier alpha value is -2.74. The van der Waals surface area contributed by atoms with Crippen molar-refractivity contribution in [2.24, 2.45) is 5.14 Å². The van der Waals surface area contributed by atoms with Gasteiger partial charge in [-0.25, -0.2) is 18.4 Å². The molecule has 1 aliphatic heterocycles. The predicted octanol–water partition coefficient (Wildman–Crippen LogP) is 1.77. The SMILES string of the molecule is COC(=O)c1ccccc1Nc1c([S+]([O-])N2CCOCC2)cnc2ccc(S(N)(=O)=O)cc12. The third-order valence-electron chi connectivity index (χ3n) is 5.12. The number of carbonyl (C=O) groups is 1. The van der Waals surface area contributed by atoms with E-state index in [0.29, 0.717) is 53.5 Å². The van der Waals surface area contributed by atoms with Crippen LogP contribution in [0.4, 0.5) is 11.4 Å². The summed E-state index contributed by atoms with van der Waals surface area (Å²) in [6, 6.07) is 10.9. The van der Waals surface area contributed by atoms with Gasteiger partial charge in [0, 0.05) is 5.39 Å². The number of ether oxygens (including phenoxy) is 2. The topological polar surface area (TPSA) is 147 Å². The average Bonchev–Trinajstić information content (AvgIpc) is 2.83. The fraction of sp³-hybridized carbons (Fsp3) is 0.238. The lowest BCUT2D eigenvalue weighted by Crippen LogP contribution is -2.40. The first kappa shape index (κ1) is 23.4. The van der Waals surface area contributed by atoms with E-state index in [1.54, 1.807) is 28.6 Å². The van der Waals surface area contributed by atoms with Gasteiger partial charge in [-0.05, 0) is 30.3 Å². The van der Waals surface area contributed by atoms with Gasteiger partial charge >= 0.3 is 5.97 Å². The molecular weight excluding hydrogens is 468 g/mol. The Labute approximate surface area is 194 Å². The van der Waals surface area contributed by atoms with Crippen molar-refractivity contribution in [3.63, 3.8) is 0 Å². The number of benzene rings is 2. The fourth-order valence-corrected chi connectivity index (χ4v) is 5.24. The number of methoxy groups -OCH3 is 1. The average molecular weight is 491 g/mol. The van der Waals surface area contributed by atoms with Gasteiger partial charge in [-0.1, -0.05) is 12.1 Å². The van der Waals surface area contributed by atoms with E-state index in [4.69, 9.17) is 14.6 Å². The highest BCUT2D eigenvalue weighted by atomic mass is 32.2. The van der Waals surface area contributed by atoms with Crippen molar-refractivity contribution in [3.05, 3.63) is 54.2 Å². The molecule has 1 saturated heterocycles. The maximum absolute atomic E-state index is 13.5. The second-order valence-corrected chi connectivity index (χ2v) is 10.2. The third kappa shape index (κ3) is 4.95. The van der Waals surface area contributed by atoms with Crippen LogP contribution < -0.4 is 10.5 Å². The minimum Gasteiger partial charge on any atom is -0.593 e. The molecule has 0 radical (unpaired) electrons. The summed E-state index contributed by atoms with van der Waals surface area (Å²) in [5.41, 5.74) is 1.48. The molecule has 33 heavy (non-hydrogen) atoms. The number of morpholine rings is 1. The lowest BCUT2D eigenvalue weighted by Gasteiger charge is -2.28. The van der Waals surface area contributed by atoms with Crippen LogP contribution in [0.2, 0.25) is 0 Å². The van der Waals surface area contributed by atoms with Crippen LogP contribution in [0.3, 0.4) is 0 Å². The summed E-state index contributed by atoms with van der Waals surface area (Å²) < 4.78 is 49.4. The first-order chi connectivity index (χ1) is 15.8. The van der Waals surface area contributed by atoms with Crippen LogP contribution in [0, 0.1) is 0 Å². The molecule has 12 heteroatoms. The van der Waals surface area contributed by atoms with Gasteiger partial charge in [-0.15, -0.1) is 4.31 Å². The van der Waals surface area contributed by atoms with E-state index in [1.165, 1.54) is 31.5 Å².